The van der Waals surface area contributed by atoms with Crippen LogP contribution in [0, 0.1) is 0 Å². The first-order valence-corrected chi connectivity index (χ1v) is 6.86. The van der Waals surface area contributed by atoms with Gasteiger partial charge in [-0.2, -0.15) is 5.10 Å². The van der Waals surface area contributed by atoms with Crippen LogP contribution in [0.3, 0.4) is 0 Å². The minimum Gasteiger partial charge on any atom is -0.399 e. The Labute approximate surface area is 124 Å². The molecule has 6 heteroatoms. The van der Waals surface area contributed by atoms with Gasteiger partial charge in [-0.25, -0.2) is 9.67 Å². The molecule has 100 valence electrons. The van der Waals surface area contributed by atoms with E-state index in [-0.39, 0.29) is 0 Å². The SMILES string of the molecule is Nc1cccc(-c2ncn(Cc3ccc(Br)cn3)n2)c1. The number of nitrogen functional groups attached to an aromatic ring is 1. The highest BCUT2D eigenvalue weighted by Crippen LogP contribution is 2.17. The van der Waals surface area contributed by atoms with E-state index in [1.807, 2.05) is 36.4 Å². The molecular formula is C14H12BrN5. The first-order chi connectivity index (χ1) is 9.70. The topological polar surface area (TPSA) is 69.6 Å². The summed E-state index contributed by atoms with van der Waals surface area (Å²) in [6.07, 6.45) is 3.47. The Morgan fingerprint density at radius 3 is 2.80 bits per heavy atom. The largest absolute Gasteiger partial charge is 0.399 e. The molecule has 3 rings (SSSR count). The summed E-state index contributed by atoms with van der Waals surface area (Å²) in [5, 5.41) is 4.44. The molecule has 20 heavy (non-hydrogen) atoms. The summed E-state index contributed by atoms with van der Waals surface area (Å²) < 4.78 is 2.72. The molecule has 0 unspecified atom stereocenters. The van der Waals surface area contributed by atoms with Gasteiger partial charge >= 0.3 is 0 Å². The number of hydrogen-bond donors (Lipinski definition) is 1. The highest BCUT2D eigenvalue weighted by Gasteiger charge is 2.05. The van der Waals surface area contributed by atoms with E-state index in [9.17, 15) is 0 Å². The van der Waals surface area contributed by atoms with E-state index in [2.05, 4.69) is 31.0 Å². The van der Waals surface area contributed by atoms with Gasteiger partial charge in [0.05, 0.1) is 12.2 Å². The Kier molecular flexibility index (Phi) is 3.47. The molecular weight excluding hydrogens is 318 g/mol. The molecule has 2 heterocycles. The number of halogens is 1. The molecule has 0 aliphatic rings. The predicted molar refractivity (Wildman–Crippen MR) is 80.9 cm³/mol. The Hall–Kier alpha value is -2.21. The zero-order chi connectivity index (χ0) is 13.9. The number of rotatable bonds is 3. The van der Waals surface area contributed by atoms with Gasteiger partial charge in [0.1, 0.15) is 6.33 Å². The molecule has 0 amide bonds. The van der Waals surface area contributed by atoms with Gasteiger partial charge in [-0.15, -0.1) is 0 Å². The summed E-state index contributed by atoms with van der Waals surface area (Å²) in [5.41, 5.74) is 8.30. The second-order valence-corrected chi connectivity index (χ2v) is 5.27. The fourth-order valence-electron chi connectivity index (χ4n) is 1.85. The van der Waals surface area contributed by atoms with E-state index < -0.39 is 0 Å². The molecule has 0 bridgehead atoms. The van der Waals surface area contributed by atoms with E-state index in [1.54, 1.807) is 17.2 Å². The number of nitrogens with zero attached hydrogens (tertiary/aromatic N) is 4. The molecule has 0 saturated carbocycles. The normalized spacial score (nSPS) is 10.7. The zero-order valence-corrected chi connectivity index (χ0v) is 12.2. The van der Waals surface area contributed by atoms with Crippen molar-refractivity contribution in [2.75, 3.05) is 5.73 Å². The number of hydrogen-bond acceptors (Lipinski definition) is 4. The maximum Gasteiger partial charge on any atom is 0.181 e. The lowest BCUT2D eigenvalue weighted by atomic mass is 10.2. The summed E-state index contributed by atoms with van der Waals surface area (Å²) in [5.74, 6) is 0.661. The zero-order valence-electron chi connectivity index (χ0n) is 10.6. The van der Waals surface area contributed by atoms with Crippen LogP contribution < -0.4 is 5.73 Å². The molecule has 1 aromatic carbocycles. The molecule has 0 aliphatic carbocycles. The summed E-state index contributed by atoms with van der Waals surface area (Å²) in [4.78, 5) is 8.61. The predicted octanol–water partition coefficient (Wildman–Crippen LogP) is 2.73. The van der Waals surface area contributed by atoms with Crippen molar-refractivity contribution in [2.24, 2.45) is 0 Å². The average Bonchev–Trinajstić information content (AvgIpc) is 2.90. The first kappa shape index (κ1) is 12.8. The third-order valence-electron chi connectivity index (χ3n) is 2.79. The lowest BCUT2D eigenvalue weighted by molar-refractivity contribution is 0.672. The number of benzene rings is 1. The Balaban J connectivity index is 1.82. The highest BCUT2D eigenvalue weighted by atomic mass is 79.9. The summed E-state index contributed by atoms with van der Waals surface area (Å²) in [6.45, 7) is 0.586. The van der Waals surface area contributed by atoms with Crippen LogP contribution in [0.4, 0.5) is 5.69 Å². The quantitative estimate of drug-likeness (QED) is 0.750. The molecule has 0 radical (unpaired) electrons. The van der Waals surface area contributed by atoms with E-state index >= 15 is 0 Å². The molecule has 0 atom stereocenters. The van der Waals surface area contributed by atoms with Crippen molar-refractivity contribution in [3.63, 3.8) is 0 Å². The van der Waals surface area contributed by atoms with Crippen molar-refractivity contribution >= 4 is 21.6 Å². The minimum absolute atomic E-state index is 0.586. The average molecular weight is 330 g/mol. The van der Waals surface area contributed by atoms with Crippen molar-refractivity contribution in [3.05, 3.63) is 59.1 Å². The monoisotopic (exact) mass is 329 g/mol. The second kappa shape index (κ2) is 5.42. The molecule has 2 N–H and O–H groups in total. The smallest absolute Gasteiger partial charge is 0.181 e. The van der Waals surface area contributed by atoms with E-state index in [1.165, 1.54) is 0 Å². The third kappa shape index (κ3) is 2.85. The van der Waals surface area contributed by atoms with Gasteiger partial charge in [0.15, 0.2) is 5.82 Å². The molecule has 2 aromatic heterocycles. The minimum atomic E-state index is 0.586. The Morgan fingerprint density at radius 2 is 2.05 bits per heavy atom. The van der Waals surface area contributed by atoms with Crippen molar-refractivity contribution in [1.82, 2.24) is 19.7 Å². The maximum atomic E-state index is 5.76. The second-order valence-electron chi connectivity index (χ2n) is 4.36. The van der Waals surface area contributed by atoms with Gasteiger partial charge in [0.25, 0.3) is 0 Å². The lowest BCUT2D eigenvalue weighted by Crippen LogP contribution is -2.02. The fraction of sp³-hybridized carbons (Fsp3) is 0.0714. The van der Waals surface area contributed by atoms with Gasteiger partial charge < -0.3 is 5.73 Å². The van der Waals surface area contributed by atoms with Crippen LogP contribution in [-0.2, 0) is 6.54 Å². The van der Waals surface area contributed by atoms with Gasteiger partial charge in [-0.05, 0) is 40.2 Å². The van der Waals surface area contributed by atoms with Crippen molar-refractivity contribution in [1.29, 1.82) is 0 Å². The Morgan fingerprint density at radius 1 is 1.15 bits per heavy atom. The van der Waals surface area contributed by atoms with Gasteiger partial charge in [0, 0.05) is 21.9 Å². The molecule has 0 saturated heterocycles. The van der Waals surface area contributed by atoms with Gasteiger partial charge in [0.2, 0.25) is 0 Å². The van der Waals surface area contributed by atoms with Crippen LogP contribution in [0.5, 0.6) is 0 Å². The number of aromatic nitrogens is 4. The van der Waals surface area contributed by atoms with Crippen LogP contribution >= 0.6 is 15.9 Å². The van der Waals surface area contributed by atoms with E-state index in [0.29, 0.717) is 18.1 Å². The number of nitrogens with two attached hydrogens (primary N) is 1. The van der Waals surface area contributed by atoms with Gasteiger partial charge in [-0.3, -0.25) is 4.98 Å². The van der Waals surface area contributed by atoms with Crippen LogP contribution in [0.25, 0.3) is 11.4 Å². The molecule has 0 fully saturated rings. The van der Waals surface area contributed by atoms with Crippen molar-refractivity contribution in [3.8, 4) is 11.4 Å². The summed E-state index contributed by atoms with van der Waals surface area (Å²) >= 11 is 3.36. The Bertz CT molecular complexity index is 720. The molecule has 0 spiro atoms. The lowest BCUT2D eigenvalue weighted by Gasteiger charge is -2.00. The van der Waals surface area contributed by atoms with Crippen molar-refractivity contribution < 1.29 is 0 Å². The fourth-order valence-corrected chi connectivity index (χ4v) is 2.08. The molecule has 5 nitrogen and oxygen atoms in total. The first-order valence-electron chi connectivity index (χ1n) is 6.06. The van der Waals surface area contributed by atoms with Gasteiger partial charge in [-0.1, -0.05) is 12.1 Å². The van der Waals surface area contributed by atoms with E-state index in [4.69, 9.17) is 5.73 Å². The highest BCUT2D eigenvalue weighted by molar-refractivity contribution is 9.10. The van der Waals surface area contributed by atoms with Crippen LogP contribution in [-0.4, -0.2) is 19.7 Å². The number of anilines is 1. The van der Waals surface area contributed by atoms with Crippen LogP contribution in [0.15, 0.2) is 53.4 Å². The summed E-state index contributed by atoms with van der Waals surface area (Å²) in [7, 11) is 0. The van der Waals surface area contributed by atoms with Crippen molar-refractivity contribution in [2.45, 2.75) is 6.54 Å². The van der Waals surface area contributed by atoms with Crippen LogP contribution in [0.1, 0.15) is 5.69 Å². The van der Waals surface area contributed by atoms with Crippen LogP contribution in [0.2, 0.25) is 0 Å². The summed E-state index contributed by atoms with van der Waals surface area (Å²) in [6, 6.07) is 11.4. The molecule has 3 aromatic rings. The molecule has 0 aliphatic heterocycles. The maximum absolute atomic E-state index is 5.76. The number of pyridine rings is 1. The third-order valence-corrected chi connectivity index (χ3v) is 3.26. The standard InChI is InChI=1S/C14H12BrN5/c15-11-4-5-13(17-7-11)8-20-9-18-14(19-20)10-2-1-3-12(16)6-10/h1-7,9H,8,16H2. The van der Waals surface area contributed by atoms with E-state index in [0.717, 1.165) is 15.7 Å².